The Morgan fingerprint density at radius 1 is 1.33 bits per heavy atom. The van der Waals surface area contributed by atoms with Crippen molar-refractivity contribution >= 4 is 5.91 Å². The number of aryl methyl sites for hydroxylation is 2. The molecule has 1 aliphatic rings. The Hall–Kier alpha value is -1.31. The van der Waals surface area contributed by atoms with E-state index in [1.807, 2.05) is 0 Å². The molecular weight excluding hydrogens is 186 g/mol. The second-order valence-corrected chi connectivity index (χ2v) is 4.63. The number of carbonyl (C=O) groups is 1. The van der Waals surface area contributed by atoms with Gasteiger partial charge in [-0.2, -0.15) is 0 Å². The fourth-order valence-corrected chi connectivity index (χ4v) is 1.91. The van der Waals surface area contributed by atoms with Gasteiger partial charge in [0.1, 0.15) is 0 Å². The van der Waals surface area contributed by atoms with E-state index in [9.17, 15) is 4.79 Å². The minimum absolute atomic E-state index is 0.116. The predicted molar refractivity (Wildman–Crippen MR) is 60.4 cm³/mol. The lowest BCUT2D eigenvalue weighted by atomic mass is 9.96. The van der Waals surface area contributed by atoms with Crippen LogP contribution in [0.15, 0.2) is 24.3 Å². The molecule has 0 atom stereocenters. The molecule has 0 aliphatic heterocycles. The van der Waals surface area contributed by atoms with Crippen molar-refractivity contribution in [1.82, 2.24) is 0 Å². The summed E-state index contributed by atoms with van der Waals surface area (Å²) in [7, 11) is 0. The number of rotatable bonds is 4. The Bertz CT molecular complexity index is 363. The van der Waals surface area contributed by atoms with Crippen molar-refractivity contribution in [3.05, 3.63) is 35.4 Å². The van der Waals surface area contributed by atoms with Crippen LogP contribution >= 0.6 is 0 Å². The second kappa shape index (κ2) is 3.69. The third-order valence-corrected chi connectivity index (χ3v) is 3.39. The summed E-state index contributed by atoms with van der Waals surface area (Å²) in [6.07, 6.45) is 3.83. The molecule has 2 N–H and O–H groups in total. The van der Waals surface area contributed by atoms with E-state index in [2.05, 4.69) is 31.2 Å². The van der Waals surface area contributed by atoms with Gasteiger partial charge in [-0.25, -0.2) is 0 Å². The van der Waals surface area contributed by atoms with Gasteiger partial charge in [-0.1, -0.05) is 29.8 Å². The molecule has 0 heterocycles. The highest BCUT2D eigenvalue weighted by atomic mass is 16.1. The van der Waals surface area contributed by atoms with Crippen molar-refractivity contribution in [3.8, 4) is 0 Å². The average Bonchev–Trinajstić information content (AvgIpc) is 2.98. The zero-order valence-corrected chi connectivity index (χ0v) is 9.12. The van der Waals surface area contributed by atoms with Gasteiger partial charge in [0.2, 0.25) is 5.91 Å². The third kappa shape index (κ3) is 2.20. The predicted octanol–water partition coefficient (Wildman–Crippen LogP) is 2.19. The lowest BCUT2D eigenvalue weighted by Crippen LogP contribution is -2.25. The maximum atomic E-state index is 11.2. The van der Waals surface area contributed by atoms with Gasteiger partial charge < -0.3 is 5.73 Å². The Morgan fingerprint density at radius 3 is 2.40 bits per heavy atom. The monoisotopic (exact) mass is 203 g/mol. The van der Waals surface area contributed by atoms with E-state index >= 15 is 0 Å². The molecule has 1 amide bonds. The molecule has 2 rings (SSSR count). The Kier molecular flexibility index (Phi) is 2.51. The summed E-state index contributed by atoms with van der Waals surface area (Å²) in [6.45, 7) is 2.08. The number of primary amides is 1. The van der Waals surface area contributed by atoms with Crippen LogP contribution in [-0.2, 0) is 11.2 Å². The molecule has 2 nitrogen and oxygen atoms in total. The number of benzene rings is 1. The van der Waals surface area contributed by atoms with E-state index in [4.69, 9.17) is 5.73 Å². The molecule has 1 aliphatic carbocycles. The molecule has 1 fully saturated rings. The van der Waals surface area contributed by atoms with Gasteiger partial charge in [-0.15, -0.1) is 0 Å². The molecule has 1 aromatic carbocycles. The molecule has 1 aromatic rings. The topological polar surface area (TPSA) is 43.1 Å². The zero-order chi connectivity index (χ0) is 10.9. The van der Waals surface area contributed by atoms with Gasteiger partial charge in [0.05, 0.1) is 0 Å². The van der Waals surface area contributed by atoms with Crippen molar-refractivity contribution < 1.29 is 4.79 Å². The van der Waals surface area contributed by atoms with E-state index in [1.54, 1.807) is 0 Å². The minimum atomic E-state index is -0.162. The number of nitrogens with two attached hydrogens (primary N) is 1. The SMILES string of the molecule is Cc1ccc(CCC2(C(N)=O)CC2)cc1. The van der Waals surface area contributed by atoms with Crippen LogP contribution in [-0.4, -0.2) is 5.91 Å². The number of hydrogen-bond donors (Lipinski definition) is 1. The lowest BCUT2D eigenvalue weighted by Gasteiger charge is -2.10. The van der Waals surface area contributed by atoms with Crippen LogP contribution in [0.1, 0.15) is 30.4 Å². The summed E-state index contributed by atoms with van der Waals surface area (Å²) in [5.74, 6) is -0.116. The smallest absolute Gasteiger partial charge is 0.223 e. The quantitative estimate of drug-likeness (QED) is 0.801. The van der Waals surface area contributed by atoms with Crippen LogP contribution in [0.4, 0.5) is 0 Å². The first kappa shape index (κ1) is 10.2. The summed E-state index contributed by atoms with van der Waals surface area (Å²) < 4.78 is 0. The molecule has 0 aromatic heterocycles. The fraction of sp³-hybridized carbons (Fsp3) is 0.462. The molecule has 1 saturated carbocycles. The van der Waals surface area contributed by atoms with E-state index in [1.165, 1.54) is 11.1 Å². The van der Waals surface area contributed by atoms with Gasteiger partial charge in [-0.05, 0) is 38.2 Å². The van der Waals surface area contributed by atoms with Crippen LogP contribution < -0.4 is 5.73 Å². The first-order valence-corrected chi connectivity index (χ1v) is 5.48. The summed E-state index contributed by atoms with van der Waals surface area (Å²) in [4.78, 5) is 11.2. The highest BCUT2D eigenvalue weighted by molar-refractivity contribution is 5.83. The standard InChI is InChI=1S/C13H17NO/c1-10-2-4-11(5-3-10)6-7-13(8-9-13)12(14)15/h2-5H,6-9H2,1H3,(H2,14,15). The molecule has 0 unspecified atom stereocenters. The Labute approximate surface area is 90.5 Å². The number of hydrogen-bond acceptors (Lipinski definition) is 1. The van der Waals surface area contributed by atoms with Crippen LogP contribution in [0.25, 0.3) is 0 Å². The Balaban J connectivity index is 1.94. The zero-order valence-electron chi connectivity index (χ0n) is 9.12. The molecular formula is C13H17NO. The van der Waals surface area contributed by atoms with Gasteiger partial charge in [0.15, 0.2) is 0 Å². The summed E-state index contributed by atoms with van der Waals surface area (Å²) in [5, 5.41) is 0. The molecule has 80 valence electrons. The average molecular weight is 203 g/mol. The van der Waals surface area contributed by atoms with Crippen LogP contribution in [0.2, 0.25) is 0 Å². The summed E-state index contributed by atoms with van der Waals surface area (Å²) in [5.41, 5.74) is 7.79. The van der Waals surface area contributed by atoms with Crippen molar-refractivity contribution in [2.24, 2.45) is 11.1 Å². The Morgan fingerprint density at radius 2 is 1.93 bits per heavy atom. The molecule has 0 saturated heterocycles. The first-order valence-electron chi connectivity index (χ1n) is 5.48. The van der Waals surface area contributed by atoms with Gasteiger partial charge in [0, 0.05) is 5.41 Å². The fourth-order valence-electron chi connectivity index (χ4n) is 1.91. The number of carbonyl (C=O) groups excluding carboxylic acids is 1. The van der Waals surface area contributed by atoms with Crippen molar-refractivity contribution in [2.45, 2.75) is 32.6 Å². The van der Waals surface area contributed by atoms with Crippen molar-refractivity contribution in [3.63, 3.8) is 0 Å². The summed E-state index contributed by atoms with van der Waals surface area (Å²) in [6, 6.07) is 8.48. The van der Waals surface area contributed by atoms with Crippen LogP contribution in [0.5, 0.6) is 0 Å². The molecule has 0 spiro atoms. The lowest BCUT2D eigenvalue weighted by molar-refractivity contribution is -0.123. The largest absolute Gasteiger partial charge is 0.369 e. The normalized spacial score (nSPS) is 17.4. The van der Waals surface area contributed by atoms with E-state index in [-0.39, 0.29) is 11.3 Å². The van der Waals surface area contributed by atoms with E-state index in [0.717, 1.165) is 25.7 Å². The third-order valence-electron chi connectivity index (χ3n) is 3.39. The minimum Gasteiger partial charge on any atom is -0.369 e. The van der Waals surface area contributed by atoms with Crippen molar-refractivity contribution in [2.75, 3.05) is 0 Å². The van der Waals surface area contributed by atoms with Crippen molar-refractivity contribution in [1.29, 1.82) is 0 Å². The van der Waals surface area contributed by atoms with E-state index < -0.39 is 0 Å². The molecule has 0 bridgehead atoms. The maximum absolute atomic E-state index is 11.2. The van der Waals surface area contributed by atoms with Gasteiger partial charge in [-0.3, -0.25) is 4.79 Å². The van der Waals surface area contributed by atoms with Crippen LogP contribution in [0.3, 0.4) is 0 Å². The van der Waals surface area contributed by atoms with Crippen LogP contribution in [0, 0.1) is 12.3 Å². The maximum Gasteiger partial charge on any atom is 0.223 e. The highest BCUT2D eigenvalue weighted by Gasteiger charge is 2.47. The second-order valence-electron chi connectivity index (χ2n) is 4.63. The highest BCUT2D eigenvalue weighted by Crippen LogP contribution is 2.49. The molecule has 15 heavy (non-hydrogen) atoms. The number of amides is 1. The molecule has 0 radical (unpaired) electrons. The van der Waals surface area contributed by atoms with Gasteiger partial charge in [0.25, 0.3) is 0 Å². The van der Waals surface area contributed by atoms with E-state index in [0.29, 0.717) is 0 Å². The first-order chi connectivity index (χ1) is 7.12. The van der Waals surface area contributed by atoms with Gasteiger partial charge >= 0.3 is 0 Å². The molecule has 2 heteroatoms. The summed E-state index contributed by atoms with van der Waals surface area (Å²) >= 11 is 0.